The number of fused-ring (bicyclic) bond motifs is 1. The molecule has 194 valence electrons. The largest absolute Gasteiger partial charge is 0.495 e. The SMILES string of the molecule is COc1ccc(NC(=O)C2CCC(N3Cc4c(C)cc(NCCN(C)C)cc4NC3=O)CC2)cc1Cl. The molecule has 0 atom stereocenters. The average Bonchev–Trinajstić information content (AvgIpc) is 2.84. The van der Waals surface area contributed by atoms with E-state index in [9.17, 15) is 9.59 Å². The van der Waals surface area contributed by atoms with Crippen molar-refractivity contribution in [2.45, 2.75) is 45.2 Å². The van der Waals surface area contributed by atoms with Crippen LogP contribution in [0, 0.1) is 12.8 Å². The number of benzene rings is 2. The van der Waals surface area contributed by atoms with E-state index in [4.69, 9.17) is 16.3 Å². The molecule has 2 aromatic carbocycles. The number of carbonyl (C=O) groups excluding carboxylic acids is 2. The van der Waals surface area contributed by atoms with Gasteiger partial charge in [0.15, 0.2) is 0 Å². The van der Waals surface area contributed by atoms with Crippen LogP contribution in [0.2, 0.25) is 5.02 Å². The molecule has 1 fully saturated rings. The molecule has 1 aliphatic carbocycles. The van der Waals surface area contributed by atoms with Gasteiger partial charge in [-0.1, -0.05) is 11.6 Å². The first-order valence-corrected chi connectivity index (χ1v) is 12.9. The van der Waals surface area contributed by atoms with Crippen LogP contribution in [0.4, 0.5) is 21.9 Å². The first kappa shape index (κ1) is 26.1. The zero-order valence-electron chi connectivity index (χ0n) is 21.5. The zero-order valence-corrected chi connectivity index (χ0v) is 22.2. The van der Waals surface area contributed by atoms with E-state index in [1.165, 1.54) is 0 Å². The smallest absolute Gasteiger partial charge is 0.322 e. The standard InChI is InChI=1S/C27H36ClN5O3/c1-17-13-20(29-11-12-32(2)3)15-24-22(17)16-33(27(35)31-24)21-8-5-18(6-9-21)26(34)30-19-7-10-25(36-4)23(28)14-19/h7,10,13-15,18,21,29H,5-6,8-9,11-12,16H2,1-4H3,(H,30,34)(H,31,35). The van der Waals surface area contributed by atoms with Gasteiger partial charge < -0.3 is 30.5 Å². The summed E-state index contributed by atoms with van der Waals surface area (Å²) in [5.74, 6) is 0.483. The molecule has 2 aliphatic rings. The zero-order chi connectivity index (χ0) is 25.8. The van der Waals surface area contributed by atoms with Crippen molar-refractivity contribution in [2.24, 2.45) is 5.92 Å². The molecular formula is C27H36ClN5O3. The summed E-state index contributed by atoms with van der Waals surface area (Å²) in [7, 11) is 5.65. The quantitative estimate of drug-likeness (QED) is 0.453. The summed E-state index contributed by atoms with van der Waals surface area (Å²) in [5.41, 5.74) is 4.88. The summed E-state index contributed by atoms with van der Waals surface area (Å²) in [6.45, 7) is 4.47. The van der Waals surface area contributed by atoms with E-state index in [1.54, 1.807) is 25.3 Å². The molecule has 36 heavy (non-hydrogen) atoms. The highest BCUT2D eigenvalue weighted by atomic mass is 35.5. The number of urea groups is 1. The van der Waals surface area contributed by atoms with Gasteiger partial charge in [-0.15, -0.1) is 0 Å². The highest BCUT2D eigenvalue weighted by molar-refractivity contribution is 6.32. The second-order valence-electron chi connectivity index (χ2n) is 9.95. The number of hydrogen-bond donors (Lipinski definition) is 3. The predicted molar refractivity (Wildman–Crippen MR) is 145 cm³/mol. The van der Waals surface area contributed by atoms with E-state index in [0.29, 0.717) is 23.0 Å². The van der Waals surface area contributed by atoms with Gasteiger partial charge in [-0.05, 0) is 88.2 Å². The molecule has 8 nitrogen and oxygen atoms in total. The fraction of sp³-hybridized carbons (Fsp3) is 0.481. The van der Waals surface area contributed by atoms with Crippen molar-refractivity contribution >= 4 is 40.6 Å². The molecule has 1 heterocycles. The Morgan fingerprint density at radius 1 is 1.17 bits per heavy atom. The molecule has 0 radical (unpaired) electrons. The number of anilines is 3. The number of hydrogen-bond acceptors (Lipinski definition) is 5. The van der Waals surface area contributed by atoms with Crippen molar-refractivity contribution in [3.63, 3.8) is 0 Å². The lowest BCUT2D eigenvalue weighted by molar-refractivity contribution is -0.121. The van der Waals surface area contributed by atoms with Crippen LogP contribution in [0.3, 0.4) is 0 Å². The van der Waals surface area contributed by atoms with E-state index >= 15 is 0 Å². The number of nitrogens with zero attached hydrogens (tertiary/aromatic N) is 2. The topological polar surface area (TPSA) is 85.9 Å². The van der Waals surface area contributed by atoms with Crippen LogP contribution >= 0.6 is 11.6 Å². The summed E-state index contributed by atoms with van der Waals surface area (Å²) in [6.07, 6.45) is 3.08. The maximum Gasteiger partial charge on any atom is 0.322 e. The van der Waals surface area contributed by atoms with Crippen molar-refractivity contribution in [3.05, 3.63) is 46.5 Å². The predicted octanol–water partition coefficient (Wildman–Crippen LogP) is 5.18. The molecule has 0 bridgehead atoms. The lowest BCUT2D eigenvalue weighted by atomic mass is 9.84. The molecule has 2 aromatic rings. The van der Waals surface area contributed by atoms with Crippen LogP contribution in [0.25, 0.3) is 0 Å². The van der Waals surface area contributed by atoms with E-state index in [2.05, 4.69) is 33.8 Å². The monoisotopic (exact) mass is 513 g/mol. The van der Waals surface area contributed by atoms with E-state index in [1.807, 2.05) is 25.1 Å². The third-order valence-electron chi connectivity index (χ3n) is 7.12. The third-order valence-corrected chi connectivity index (χ3v) is 7.42. The Morgan fingerprint density at radius 2 is 1.92 bits per heavy atom. The minimum absolute atomic E-state index is 0.00624. The second-order valence-corrected chi connectivity index (χ2v) is 10.4. The van der Waals surface area contributed by atoms with Gasteiger partial charge in [0.25, 0.3) is 0 Å². The van der Waals surface area contributed by atoms with E-state index < -0.39 is 0 Å². The van der Waals surface area contributed by atoms with Gasteiger partial charge in [0, 0.05) is 42.1 Å². The summed E-state index contributed by atoms with van der Waals surface area (Å²) in [5, 5.41) is 9.98. The lowest BCUT2D eigenvalue weighted by Crippen LogP contribution is -2.47. The highest BCUT2D eigenvalue weighted by Crippen LogP contribution is 2.35. The fourth-order valence-corrected chi connectivity index (χ4v) is 5.28. The van der Waals surface area contributed by atoms with Gasteiger partial charge in [0.1, 0.15) is 5.75 Å². The summed E-state index contributed by atoms with van der Waals surface area (Å²) >= 11 is 6.18. The molecule has 3 N–H and O–H groups in total. The number of ether oxygens (including phenoxy) is 1. The molecule has 0 saturated heterocycles. The molecule has 0 unspecified atom stereocenters. The number of amides is 3. The lowest BCUT2D eigenvalue weighted by Gasteiger charge is -2.39. The third kappa shape index (κ3) is 6.05. The molecule has 3 amide bonds. The minimum atomic E-state index is -0.0835. The van der Waals surface area contributed by atoms with E-state index in [0.717, 1.165) is 61.3 Å². The molecule has 1 aliphatic heterocycles. The molecular weight excluding hydrogens is 478 g/mol. The first-order valence-electron chi connectivity index (χ1n) is 12.5. The Bertz CT molecular complexity index is 1110. The molecule has 1 saturated carbocycles. The van der Waals surface area contributed by atoms with E-state index in [-0.39, 0.29) is 23.9 Å². The van der Waals surface area contributed by atoms with Crippen molar-refractivity contribution in [3.8, 4) is 5.75 Å². The number of carbonyl (C=O) groups is 2. The average molecular weight is 514 g/mol. The molecule has 4 rings (SSSR count). The summed E-state index contributed by atoms with van der Waals surface area (Å²) in [4.78, 5) is 29.9. The van der Waals surface area contributed by atoms with Crippen LogP contribution in [0.1, 0.15) is 36.8 Å². The Balaban J connectivity index is 1.34. The van der Waals surface area contributed by atoms with Gasteiger partial charge in [-0.3, -0.25) is 4.79 Å². The number of likely N-dealkylation sites (N-methyl/N-ethyl adjacent to an activating group) is 1. The Morgan fingerprint density at radius 3 is 2.58 bits per heavy atom. The van der Waals surface area contributed by atoms with Crippen molar-refractivity contribution in [2.75, 3.05) is 50.2 Å². The van der Waals surface area contributed by atoms with Crippen LogP contribution in [-0.4, -0.2) is 62.1 Å². The maximum atomic E-state index is 13.0. The van der Waals surface area contributed by atoms with Gasteiger partial charge >= 0.3 is 6.03 Å². The molecule has 0 spiro atoms. The summed E-state index contributed by atoms with van der Waals surface area (Å²) in [6, 6.07) is 9.46. The van der Waals surface area contributed by atoms with Crippen molar-refractivity contribution < 1.29 is 14.3 Å². The Labute approximate surface area is 218 Å². The van der Waals surface area contributed by atoms with Gasteiger partial charge in [-0.2, -0.15) is 0 Å². The Hall–Kier alpha value is -2.97. The second kappa shape index (κ2) is 11.4. The maximum absolute atomic E-state index is 13.0. The Kier molecular flexibility index (Phi) is 8.26. The number of nitrogens with one attached hydrogen (secondary N) is 3. The number of halogens is 1. The molecule has 9 heteroatoms. The van der Waals surface area contributed by atoms with Gasteiger partial charge in [0.2, 0.25) is 5.91 Å². The fourth-order valence-electron chi connectivity index (χ4n) is 5.03. The normalized spacial score (nSPS) is 19.5. The highest BCUT2D eigenvalue weighted by Gasteiger charge is 2.34. The van der Waals surface area contributed by atoms with Crippen LogP contribution in [-0.2, 0) is 11.3 Å². The number of aryl methyl sites for hydroxylation is 1. The minimum Gasteiger partial charge on any atom is -0.495 e. The van der Waals surface area contributed by atoms with Gasteiger partial charge in [0.05, 0.1) is 18.7 Å². The van der Waals surface area contributed by atoms with Crippen LogP contribution < -0.4 is 20.7 Å². The van der Waals surface area contributed by atoms with Crippen LogP contribution in [0.5, 0.6) is 5.75 Å². The van der Waals surface area contributed by atoms with Crippen molar-refractivity contribution in [1.82, 2.24) is 9.80 Å². The number of methoxy groups -OCH3 is 1. The van der Waals surface area contributed by atoms with Gasteiger partial charge in [-0.25, -0.2) is 4.79 Å². The summed E-state index contributed by atoms with van der Waals surface area (Å²) < 4.78 is 5.17. The molecule has 0 aromatic heterocycles. The van der Waals surface area contributed by atoms with Crippen LogP contribution in [0.15, 0.2) is 30.3 Å². The van der Waals surface area contributed by atoms with Crippen molar-refractivity contribution in [1.29, 1.82) is 0 Å². The number of rotatable bonds is 8. The first-order chi connectivity index (χ1) is 17.2.